The third-order valence-electron chi connectivity index (χ3n) is 1.81. The number of nitrogens with zero attached hydrogens (tertiary/aromatic N) is 3. The van der Waals surface area contributed by atoms with E-state index in [0.717, 1.165) is 12.2 Å². The van der Waals surface area contributed by atoms with E-state index < -0.39 is 0 Å². The molecule has 0 aliphatic carbocycles. The molecule has 0 aromatic carbocycles. The van der Waals surface area contributed by atoms with Gasteiger partial charge >= 0.3 is 0 Å². The Morgan fingerprint density at radius 3 is 2.77 bits per heavy atom. The summed E-state index contributed by atoms with van der Waals surface area (Å²) < 4.78 is 6.92. The molecule has 1 aromatic heterocycles. The summed E-state index contributed by atoms with van der Waals surface area (Å²) in [6.45, 7) is 4.76. The zero-order valence-electron chi connectivity index (χ0n) is 8.07. The topological polar surface area (TPSA) is 39.9 Å². The second-order valence-electron chi connectivity index (χ2n) is 3.03. The molecule has 0 fully saturated rings. The van der Waals surface area contributed by atoms with Gasteiger partial charge in [0.2, 0.25) is 0 Å². The fraction of sp³-hybridized carbons (Fsp3) is 0.750. The highest BCUT2D eigenvalue weighted by atomic mass is 79.9. The lowest BCUT2D eigenvalue weighted by Gasteiger charge is -2.07. The second kappa shape index (κ2) is 4.72. The largest absolute Gasteiger partial charge is 0.380 e. The van der Waals surface area contributed by atoms with Crippen molar-refractivity contribution in [2.45, 2.75) is 31.3 Å². The molecule has 1 rings (SSSR count). The summed E-state index contributed by atoms with van der Waals surface area (Å²) in [7, 11) is 1.69. The van der Waals surface area contributed by atoms with Crippen LogP contribution in [0.25, 0.3) is 0 Å². The van der Waals surface area contributed by atoms with E-state index in [1.165, 1.54) is 0 Å². The van der Waals surface area contributed by atoms with E-state index in [9.17, 15) is 0 Å². The highest BCUT2D eigenvalue weighted by Crippen LogP contribution is 2.17. The van der Waals surface area contributed by atoms with Gasteiger partial charge < -0.3 is 4.74 Å². The number of rotatable bonds is 4. The van der Waals surface area contributed by atoms with Crippen LogP contribution in [0.1, 0.15) is 24.4 Å². The van der Waals surface area contributed by atoms with Crippen molar-refractivity contribution in [1.82, 2.24) is 15.0 Å². The number of hydrogen-bond donors (Lipinski definition) is 0. The molecule has 1 aromatic rings. The van der Waals surface area contributed by atoms with E-state index in [2.05, 4.69) is 26.2 Å². The first kappa shape index (κ1) is 10.7. The van der Waals surface area contributed by atoms with Crippen LogP contribution in [0.5, 0.6) is 0 Å². The molecule has 0 aliphatic heterocycles. The Labute approximate surface area is 86.4 Å². The van der Waals surface area contributed by atoms with E-state index in [1.807, 2.05) is 20.0 Å². The first-order valence-electron chi connectivity index (χ1n) is 4.20. The molecule has 74 valence electrons. The molecule has 2 unspecified atom stereocenters. The Balaban J connectivity index is 2.58. The fourth-order valence-electron chi connectivity index (χ4n) is 0.923. The minimum Gasteiger partial charge on any atom is -0.380 e. The van der Waals surface area contributed by atoms with Crippen molar-refractivity contribution in [3.05, 3.63) is 11.9 Å². The number of methoxy groups -OCH3 is 1. The molecular formula is C8H14BrN3O. The number of aromatic nitrogens is 3. The molecule has 0 radical (unpaired) electrons. The maximum Gasteiger partial charge on any atom is 0.0960 e. The summed E-state index contributed by atoms with van der Waals surface area (Å²) in [4.78, 5) is 0.249. The van der Waals surface area contributed by atoms with Gasteiger partial charge in [-0.2, -0.15) is 0 Å². The van der Waals surface area contributed by atoms with Gasteiger partial charge in [0.1, 0.15) is 0 Å². The summed E-state index contributed by atoms with van der Waals surface area (Å²) in [5, 5.41) is 8.00. The highest BCUT2D eigenvalue weighted by molar-refractivity contribution is 9.09. The van der Waals surface area contributed by atoms with Gasteiger partial charge in [0, 0.05) is 13.3 Å². The smallest absolute Gasteiger partial charge is 0.0960 e. The third-order valence-corrected chi connectivity index (χ3v) is 2.28. The number of ether oxygens (including phenoxy) is 1. The minimum absolute atomic E-state index is 0.167. The van der Waals surface area contributed by atoms with Gasteiger partial charge in [-0.15, -0.1) is 5.10 Å². The predicted octanol–water partition coefficient (Wildman–Crippen LogP) is 1.77. The van der Waals surface area contributed by atoms with Gasteiger partial charge in [0.05, 0.1) is 23.2 Å². The van der Waals surface area contributed by atoms with Crippen LogP contribution in [-0.2, 0) is 11.3 Å². The average molecular weight is 248 g/mol. The Morgan fingerprint density at radius 1 is 1.62 bits per heavy atom. The van der Waals surface area contributed by atoms with E-state index in [1.54, 1.807) is 11.8 Å². The van der Waals surface area contributed by atoms with Crippen molar-refractivity contribution in [3.63, 3.8) is 0 Å². The Bertz CT molecular complexity index is 262. The molecular weight excluding hydrogens is 234 g/mol. The zero-order chi connectivity index (χ0) is 9.84. The number of halogens is 1. The van der Waals surface area contributed by atoms with Crippen LogP contribution in [-0.4, -0.2) is 28.2 Å². The summed E-state index contributed by atoms with van der Waals surface area (Å²) in [5.74, 6) is 0. The minimum atomic E-state index is 0.167. The molecule has 0 amide bonds. The fourth-order valence-corrected chi connectivity index (χ4v) is 1.13. The second-order valence-corrected chi connectivity index (χ2v) is 4.40. The molecule has 1 heterocycles. The van der Waals surface area contributed by atoms with Gasteiger partial charge in [-0.05, 0) is 13.8 Å². The van der Waals surface area contributed by atoms with Crippen molar-refractivity contribution < 1.29 is 4.74 Å². The molecule has 0 spiro atoms. The number of alkyl halides is 1. The lowest BCUT2D eigenvalue weighted by molar-refractivity contribution is 0.0993. The van der Waals surface area contributed by atoms with Gasteiger partial charge in [-0.3, -0.25) is 0 Å². The van der Waals surface area contributed by atoms with Crippen molar-refractivity contribution in [1.29, 1.82) is 0 Å². The van der Waals surface area contributed by atoms with Crippen molar-refractivity contribution in [2.24, 2.45) is 0 Å². The quantitative estimate of drug-likeness (QED) is 0.762. The average Bonchev–Trinajstić information content (AvgIpc) is 2.52. The summed E-state index contributed by atoms with van der Waals surface area (Å²) in [5.41, 5.74) is 0.948. The summed E-state index contributed by atoms with van der Waals surface area (Å²) >= 11 is 3.43. The predicted molar refractivity (Wildman–Crippen MR) is 53.8 cm³/mol. The molecule has 13 heavy (non-hydrogen) atoms. The third kappa shape index (κ3) is 3.08. The van der Waals surface area contributed by atoms with Gasteiger partial charge in [0.15, 0.2) is 0 Å². The van der Waals surface area contributed by atoms with Crippen LogP contribution in [0.3, 0.4) is 0 Å². The Hall–Kier alpha value is -0.420. The molecule has 2 atom stereocenters. The SMILES string of the molecule is COC(C)Cn1cc(C(C)Br)nn1. The zero-order valence-corrected chi connectivity index (χ0v) is 9.65. The monoisotopic (exact) mass is 247 g/mol. The van der Waals surface area contributed by atoms with E-state index in [-0.39, 0.29) is 10.9 Å². The molecule has 0 saturated heterocycles. The normalized spacial score (nSPS) is 15.7. The summed E-state index contributed by atoms with van der Waals surface area (Å²) in [6, 6.07) is 0. The van der Waals surface area contributed by atoms with Crippen LogP contribution in [0.2, 0.25) is 0 Å². The Kier molecular flexibility index (Phi) is 3.87. The first-order valence-corrected chi connectivity index (χ1v) is 5.12. The summed E-state index contributed by atoms with van der Waals surface area (Å²) in [6.07, 6.45) is 2.09. The van der Waals surface area contributed by atoms with Crippen molar-refractivity contribution in [2.75, 3.05) is 7.11 Å². The van der Waals surface area contributed by atoms with Crippen LogP contribution in [0.15, 0.2) is 6.20 Å². The Morgan fingerprint density at radius 2 is 2.31 bits per heavy atom. The van der Waals surface area contributed by atoms with Gasteiger partial charge in [-0.25, -0.2) is 4.68 Å². The van der Waals surface area contributed by atoms with Crippen molar-refractivity contribution >= 4 is 15.9 Å². The highest BCUT2D eigenvalue weighted by Gasteiger charge is 2.07. The molecule has 5 heteroatoms. The van der Waals surface area contributed by atoms with Gasteiger partial charge in [0.25, 0.3) is 0 Å². The number of hydrogen-bond acceptors (Lipinski definition) is 3. The lowest BCUT2D eigenvalue weighted by Crippen LogP contribution is -2.14. The molecule has 0 aliphatic rings. The maximum absolute atomic E-state index is 5.12. The lowest BCUT2D eigenvalue weighted by atomic mass is 10.3. The molecule has 4 nitrogen and oxygen atoms in total. The van der Waals surface area contributed by atoms with E-state index >= 15 is 0 Å². The van der Waals surface area contributed by atoms with Crippen molar-refractivity contribution in [3.8, 4) is 0 Å². The van der Waals surface area contributed by atoms with Crippen LogP contribution >= 0.6 is 15.9 Å². The maximum atomic E-state index is 5.12. The molecule has 0 N–H and O–H groups in total. The van der Waals surface area contributed by atoms with E-state index in [4.69, 9.17) is 4.74 Å². The van der Waals surface area contributed by atoms with Crippen LogP contribution in [0.4, 0.5) is 0 Å². The van der Waals surface area contributed by atoms with Crippen LogP contribution in [0, 0.1) is 0 Å². The first-order chi connectivity index (χ1) is 6.13. The van der Waals surface area contributed by atoms with E-state index in [0.29, 0.717) is 0 Å². The molecule has 0 bridgehead atoms. The molecule has 0 saturated carbocycles. The van der Waals surface area contributed by atoms with Gasteiger partial charge in [-0.1, -0.05) is 21.1 Å². The standard InChI is InChI=1S/C8H14BrN3O/c1-6(13-3)4-12-5-8(7(2)9)10-11-12/h5-7H,4H2,1-3H3. The van der Waals surface area contributed by atoms with Crippen LogP contribution < -0.4 is 0 Å².